The largest absolute Gasteiger partial charge is 0.324 e. The van der Waals surface area contributed by atoms with Gasteiger partial charge in [0.25, 0.3) is 5.56 Å². The monoisotopic (exact) mass is 479 g/mol. The van der Waals surface area contributed by atoms with E-state index in [0.717, 1.165) is 46.6 Å². The van der Waals surface area contributed by atoms with Crippen LogP contribution < -0.4 is 5.56 Å². The summed E-state index contributed by atoms with van der Waals surface area (Å²) in [4.78, 5) is 17.4. The van der Waals surface area contributed by atoms with Crippen LogP contribution in [0, 0.1) is 19.7 Å². The fraction of sp³-hybridized carbons (Fsp3) is 0.308. The lowest BCUT2D eigenvalue weighted by Crippen LogP contribution is -2.22. The quantitative estimate of drug-likeness (QED) is 0.431. The molecule has 6 nitrogen and oxygen atoms in total. The van der Waals surface area contributed by atoms with Crippen molar-refractivity contribution >= 4 is 20.9 Å². The van der Waals surface area contributed by atoms with Gasteiger partial charge in [-0.1, -0.05) is 12.1 Å². The van der Waals surface area contributed by atoms with Crippen molar-refractivity contribution in [2.24, 2.45) is 0 Å². The van der Waals surface area contributed by atoms with E-state index in [1.807, 2.05) is 41.2 Å². The van der Waals surface area contributed by atoms with Crippen molar-refractivity contribution < 1.29 is 12.8 Å². The summed E-state index contributed by atoms with van der Waals surface area (Å²) >= 11 is 0. The summed E-state index contributed by atoms with van der Waals surface area (Å²) in [5.41, 5.74) is 6.54. The number of hydrogen-bond acceptors (Lipinski definition) is 4. The molecule has 2 aromatic carbocycles. The first-order chi connectivity index (χ1) is 16.1. The lowest BCUT2D eigenvalue weighted by atomic mass is 9.98. The molecule has 0 aliphatic carbocycles. The molecule has 176 valence electrons. The summed E-state index contributed by atoms with van der Waals surface area (Å²) in [5, 5.41) is 0. The summed E-state index contributed by atoms with van der Waals surface area (Å²) < 4.78 is 41.8. The van der Waals surface area contributed by atoms with Gasteiger partial charge in [-0.2, -0.15) is 0 Å². The third-order valence-electron chi connectivity index (χ3n) is 6.48. The molecule has 1 aliphatic rings. The van der Waals surface area contributed by atoms with Crippen LogP contribution >= 0.6 is 0 Å². The molecule has 0 bridgehead atoms. The maximum absolute atomic E-state index is 13.4. The van der Waals surface area contributed by atoms with Crippen LogP contribution in [0.3, 0.4) is 0 Å². The number of hydrogen-bond donors (Lipinski definition) is 0. The molecule has 0 radical (unpaired) electrons. The minimum atomic E-state index is -3.31. The van der Waals surface area contributed by atoms with E-state index >= 15 is 0 Å². The molecule has 0 fully saturated rings. The van der Waals surface area contributed by atoms with Crippen molar-refractivity contribution in [1.29, 1.82) is 0 Å². The molecule has 5 rings (SSSR count). The number of halogens is 1. The number of rotatable bonds is 5. The molecule has 3 heterocycles. The predicted molar refractivity (Wildman–Crippen MR) is 131 cm³/mol. The van der Waals surface area contributed by atoms with Crippen LogP contribution in [0.15, 0.2) is 47.3 Å². The summed E-state index contributed by atoms with van der Waals surface area (Å²) in [6.45, 7) is 4.88. The van der Waals surface area contributed by atoms with Gasteiger partial charge in [-0.15, -0.1) is 0 Å². The van der Waals surface area contributed by atoms with E-state index in [4.69, 9.17) is 4.98 Å². The highest BCUT2D eigenvalue weighted by Gasteiger charge is 2.22. The Balaban J connectivity index is 1.75. The van der Waals surface area contributed by atoms with E-state index in [2.05, 4.69) is 0 Å². The first-order valence-electron chi connectivity index (χ1n) is 11.3. The Labute approximate surface area is 197 Å². The lowest BCUT2D eigenvalue weighted by molar-refractivity contribution is 0.601. The normalized spacial score (nSPS) is 13.5. The third kappa shape index (κ3) is 4.07. The zero-order valence-electron chi connectivity index (χ0n) is 19.4. The molecule has 0 saturated heterocycles. The molecule has 4 aromatic rings. The second-order valence-electron chi connectivity index (χ2n) is 9.19. The molecule has 8 heteroatoms. The van der Waals surface area contributed by atoms with Crippen molar-refractivity contribution in [1.82, 2.24) is 14.1 Å². The average Bonchev–Trinajstić information content (AvgIpc) is 3.37. The number of imidazole rings is 1. The molecule has 1 aliphatic heterocycles. The highest BCUT2D eigenvalue weighted by Crippen LogP contribution is 2.33. The number of pyridine rings is 1. The molecule has 0 saturated carbocycles. The summed E-state index contributed by atoms with van der Waals surface area (Å²) in [7, 11) is -3.31. The summed E-state index contributed by atoms with van der Waals surface area (Å²) in [5.74, 6) is 0.326. The van der Waals surface area contributed by atoms with Gasteiger partial charge in [0.1, 0.15) is 11.6 Å². The molecular formula is C26H26FN3O3S. The van der Waals surface area contributed by atoms with E-state index in [-0.39, 0.29) is 17.1 Å². The Hall–Kier alpha value is -3.26. The highest BCUT2D eigenvalue weighted by atomic mass is 32.2. The second-order valence-corrected chi connectivity index (χ2v) is 11.3. The number of fused-ring (bicyclic) bond motifs is 2. The van der Waals surface area contributed by atoms with Gasteiger partial charge in [-0.05, 0) is 73.7 Å². The molecule has 0 N–H and O–H groups in total. The Bertz CT molecular complexity index is 1600. The molecule has 0 unspecified atom stereocenters. The minimum Gasteiger partial charge on any atom is -0.324 e. The molecule has 0 spiro atoms. The highest BCUT2D eigenvalue weighted by molar-refractivity contribution is 7.89. The summed E-state index contributed by atoms with van der Waals surface area (Å²) in [6.07, 6.45) is 2.93. The van der Waals surface area contributed by atoms with Crippen LogP contribution in [-0.4, -0.2) is 28.8 Å². The Morgan fingerprint density at radius 3 is 2.53 bits per heavy atom. The van der Waals surface area contributed by atoms with E-state index in [0.29, 0.717) is 29.7 Å². The number of benzene rings is 2. The van der Waals surface area contributed by atoms with Crippen molar-refractivity contribution in [3.8, 4) is 11.1 Å². The van der Waals surface area contributed by atoms with Crippen LogP contribution in [0.5, 0.6) is 0 Å². The van der Waals surface area contributed by atoms with E-state index in [9.17, 15) is 17.6 Å². The first kappa shape index (κ1) is 22.5. The van der Waals surface area contributed by atoms with Gasteiger partial charge >= 0.3 is 0 Å². The van der Waals surface area contributed by atoms with Crippen LogP contribution in [0.25, 0.3) is 22.2 Å². The fourth-order valence-corrected chi connectivity index (χ4v) is 5.72. The second kappa shape index (κ2) is 8.20. The van der Waals surface area contributed by atoms with E-state index < -0.39 is 9.84 Å². The van der Waals surface area contributed by atoms with Crippen molar-refractivity contribution in [3.63, 3.8) is 0 Å². The molecule has 0 atom stereocenters. The van der Waals surface area contributed by atoms with Gasteiger partial charge in [-0.25, -0.2) is 17.8 Å². The minimum absolute atomic E-state index is 0.0332. The Morgan fingerprint density at radius 2 is 1.82 bits per heavy atom. The predicted octanol–water partition coefficient (Wildman–Crippen LogP) is 4.16. The maximum Gasteiger partial charge on any atom is 0.253 e. The average molecular weight is 480 g/mol. The number of aromatic nitrogens is 3. The fourth-order valence-electron chi connectivity index (χ4n) is 4.93. The van der Waals surface area contributed by atoms with Gasteiger partial charge in [0.2, 0.25) is 0 Å². The number of aryl methyl sites for hydroxylation is 2. The van der Waals surface area contributed by atoms with Gasteiger partial charge in [0, 0.05) is 36.2 Å². The number of sulfone groups is 1. The van der Waals surface area contributed by atoms with Crippen molar-refractivity contribution in [2.45, 2.75) is 45.5 Å². The van der Waals surface area contributed by atoms with Crippen LogP contribution in [0.2, 0.25) is 0 Å². The standard InChI is InChI=1S/C26H26FN3O3S/c1-16-11-22(23-5-4-10-29(23)26(16)31)19-12-20(15-34(3,32)33)25-24(13-19)30(17(2)28-25)14-18-6-8-21(27)9-7-18/h6-9,11-13H,4-5,10,14-15H2,1-3H3. The van der Waals surface area contributed by atoms with Gasteiger partial charge in [-0.3, -0.25) is 4.79 Å². The lowest BCUT2D eigenvalue weighted by Gasteiger charge is -2.14. The first-order valence-corrected chi connectivity index (χ1v) is 13.3. The Morgan fingerprint density at radius 1 is 1.09 bits per heavy atom. The third-order valence-corrected chi connectivity index (χ3v) is 7.32. The topological polar surface area (TPSA) is 74.0 Å². The van der Waals surface area contributed by atoms with Gasteiger partial charge in [0.15, 0.2) is 9.84 Å². The van der Waals surface area contributed by atoms with Gasteiger partial charge in [0.05, 0.1) is 16.8 Å². The van der Waals surface area contributed by atoms with Crippen LogP contribution in [0.1, 0.15) is 34.6 Å². The maximum atomic E-state index is 13.4. The zero-order valence-corrected chi connectivity index (χ0v) is 20.2. The molecule has 34 heavy (non-hydrogen) atoms. The molecule has 0 amide bonds. The van der Waals surface area contributed by atoms with Crippen LogP contribution in [0.4, 0.5) is 4.39 Å². The Kier molecular flexibility index (Phi) is 5.43. The summed E-state index contributed by atoms with van der Waals surface area (Å²) in [6, 6.07) is 12.2. The number of nitrogens with zero attached hydrogens (tertiary/aromatic N) is 3. The van der Waals surface area contributed by atoms with Crippen molar-refractivity contribution in [3.05, 3.63) is 86.8 Å². The van der Waals surface area contributed by atoms with Crippen molar-refractivity contribution in [2.75, 3.05) is 6.26 Å². The zero-order chi connectivity index (χ0) is 24.2. The van der Waals surface area contributed by atoms with E-state index in [1.54, 1.807) is 12.1 Å². The molecule has 2 aromatic heterocycles. The van der Waals surface area contributed by atoms with E-state index in [1.165, 1.54) is 18.4 Å². The van der Waals surface area contributed by atoms with Gasteiger partial charge < -0.3 is 9.13 Å². The van der Waals surface area contributed by atoms with Crippen LogP contribution in [-0.2, 0) is 35.1 Å². The molecular weight excluding hydrogens is 453 g/mol. The smallest absolute Gasteiger partial charge is 0.253 e. The SMILES string of the molecule is Cc1cc(-c2cc(CS(C)(=O)=O)c3nc(C)n(Cc4ccc(F)cc4)c3c2)c2n(c1=O)CCC2.